The van der Waals surface area contributed by atoms with Crippen molar-refractivity contribution >= 4 is 35.1 Å². The van der Waals surface area contributed by atoms with Gasteiger partial charge in [0.05, 0.1) is 17.8 Å². The van der Waals surface area contributed by atoms with E-state index in [9.17, 15) is 27.6 Å². The van der Waals surface area contributed by atoms with E-state index < -0.39 is 41.8 Å². The summed E-state index contributed by atoms with van der Waals surface area (Å²) >= 11 is 5.52. The number of alkyl halides is 3. The van der Waals surface area contributed by atoms with Crippen LogP contribution in [0.3, 0.4) is 0 Å². The highest BCUT2D eigenvalue weighted by atomic mass is 35.5. The Morgan fingerprint density at radius 1 is 1.36 bits per heavy atom. The summed E-state index contributed by atoms with van der Waals surface area (Å²) in [5.74, 6) is -1.56. The summed E-state index contributed by atoms with van der Waals surface area (Å²) in [4.78, 5) is 34.9. The highest BCUT2D eigenvalue weighted by molar-refractivity contribution is 6.30. The lowest BCUT2D eigenvalue weighted by atomic mass is 10.1. The Hall–Kier alpha value is -2.29. The number of halogens is 4. The number of urea groups is 1. The number of benzene rings is 1. The van der Waals surface area contributed by atoms with Crippen molar-refractivity contribution in [2.24, 2.45) is 0 Å². The van der Waals surface area contributed by atoms with Crippen LogP contribution in [-0.4, -0.2) is 35.8 Å². The molecule has 0 radical (unpaired) electrons. The molecule has 0 aliphatic carbocycles. The molecule has 2 N–H and O–H groups in total. The Bertz CT molecular complexity index is 632. The molecule has 1 fully saturated rings. The molecule has 0 saturated carbocycles. The van der Waals surface area contributed by atoms with Gasteiger partial charge in [0.15, 0.2) is 0 Å². The number of hydrogen-bond donors (Lipinski definition) is 2. The molecule has 1 heterocycles. The molecular weight excluding hydrogens is 327 g/mol. The number of carbonyl (C=O) groups excluding carboxylic acids is 3. The summed E-state index contributed by atoms with van der Waals surface area (Å²) in [7, 11) is 0. The van der Waals surface area contributed by atoms with Crippen molar-refractivity contribution in [3.63, 3.8) is 0 Å². The molecule has 0 aromatic heterocycles. The third-order valence-electron chi connectivity index (χ3n) is 2.80. The minimum Gasteiger partial charge on any atom is -0.329 e. The highest BCUT2D eigenvalue weighted by Gasteiger charge is 2.35. The van der Waals surface area contributed by atoms with Crippen LogP contribution < -0.4 is 10.6 Å². The molecule has 0 spiro atoms. The third kappa shape index (κ3) is 3.48. The molecule has 22 heavy (non-hydrogen) atoms. The number of anilines is 1. The van der Waals surface area contributed by atoms with E-state index >= 15 is 0 Å². The van der Waals surface area contributed by atoms with E-state index in [1.807, 2.05) is 5.32 Å². The first-order valence-electron chi connectivity index (χ1n) is 5.93. The quantitative estimate of drug-likeness (QED) is 0.827. The Labute approximate surface area is 127 Å². The van der Waals surface area contributed by atoms with E-state index in [-0.39, 0.29) is 11.6 Å². The predicted molar refractivity (Wildman–Crippen MR) is 70.2 cm³/mol. The normalized spacial score (nSPS) is 15.0. The van der Waals surface area contributed by atoms with E-state index in [1.54, 1.807) is 0 Å². The molecular formula is C12H9ClF3N3O3. The van der Waals surface area contributed by atoms with Crippen LogP contribution in [0.25, 0.3) is 0 Å². The van der Waals surface area contributed by atoms with Crippen LogP contribution in [0.15, 0.2) is 18.2 Å². The SMILES string of the molecule is O=C(CN1C(=O)CNC1=O)Nc1ccc(Cl)cc1C(F)(F)F. The molecule has 4 amide bonds. The number of nitrogens with zero attached hydrogens (tertiary/aromatic N) is 1. The molecule has 118 valence electrons. The van der Waals surface area contributed by atoms with Gasteiger partial charge in [0.1, 0.15) is 6.54 Å². The first-order chi connectivity index (χ1) is 10.2. The average Bonchev–Trinajstić information content (AvgIpc) is 2.71. The van der Waals surface area contributed by atoms with Gasteiger partial charge in [0.2, 0.25) is 5.91 Å². The molecule has 6 nitrogen and oxygen atoms in total. The van der Waals surface area contributed by atoms with Crippen LogP contribution in [0.4, 0.5) is 23.7 Å². The van der Waals surface area contributed by atoms with Crippen LogP contribution in [0.1, 0.15) is 5.56 Å². The number of hydrogen-bond acceptors (Lipinski definition) is 3. The summed E-state index contributed by atoms with van der Waals surface area (Å²) in [5.41, 5.74) is -1.63. The zero-order chi connectivity index (χ0) is 16.5. The van der Waals surface area contributed by atoms with Gasteiger partial charge in [-0.2, -0.15) is 13.2 Å². The van der Waals surface area contributed by atoms with Crippen molar-refractivity contribution < 1.29 is 27.6 Å². The number of amides is 4. The summed E-state index contributed by atoms with van der Waals surface area (Å²) in [6.45, 7) is -0.925. The summed E-state index contributed by atoms with van der Waals surface area (Å²) in [6, 6.07) is 2.08. The molecule has 1 aromatic carbocycles. The predicted octanol–water partition coefficient (Wildman–Crippen LogP) is 1.85. The van der Waals surface area contributed by atoms with Crippen molar-refractivity contribution in [3.8, 4) is 0 Å². The van der Waals surface area contributed by atoms with Gasteiger partial charge in [-0.1, -0.05) is 11.6 Å². The van der Waals surface area contributed by atoms with Crippen molar-refractivity contribution in [2.45, 2.75) is 6.18 Å². The van der Waals surface area contributed by atoms with Crippen LogP contribution >= 0.6 is 11.6 Å². The smallest absolute Gasteiger partial charge is 0.329 e. The lowest BCUT2D eigenvalue weighted by molar-refractivity contribution is -0.137. The van der Waals surface area contributed by atoms with Gasteiger partial charge >= 0.3 is 12.2 Å². The Kier molecular flexibility index (Phi) is 4.27. The summed E-state index contributed by atoms with van der Waals surface area (Å²) < 4.78 is 38.6. The van der Waals surface area contributed by atoms with Gasteiger partial charge in [0.25, 0.3) is 5.91 Å². The van der Waals surface area contributed by atoms with Gasteiger partial charge in [-0.3, -0.25) is 14.5 Å². The molecule has 1 aromatic rings. The number of rotatable bonds is 3. The first-order valence-corrected chi connectivity index (χ1v) is 6.31. The Morgan fingerprint density at radius 2 is 2.05 bits per heavy atom. The number of carbonyl (C=O) groups is 3. The monoisotopic (exact) mass is 335 g/mol. The molecule has 0 unspecified atom stereocenters. The Balaban J connectivity index is 2.15. The fourth-order valence-corrected chi connectivity index (χ4v) is 1.98. The largest absolute Gasteiger partial charge is 0.418 e. The van der Waals surface area contributed by atoms with Gasteiger partial charge in [-0.15, -0.1) is 0 Å². The second kappa shape index (κ2) is 5.84. The second-order valence-electron chi connectivity index (χ2n) is 4.37. The second-order valence-corrected chi connectivity index (χ2v) is 4.81. The van der Waals surface area contributed by atoms with Crippen molar-refractivity contribution in [2.75, 3.05) is 18.4 Å². The third-order valence-corrected chi connectivity index (χ3v) is 3.03. The maximum Gasteiger partial charge on any atom is 0.418 e. The molecule has 0 bridgehead atoms. The minimum absolute atomic E-state index is 0.139. The Morgan fingerprint density at radius 3 is 2.59 bits per heavy atom. The van der Waals surface area contributed by atoms with Crippen LogP contribution in [-0.2, 0) is 15.8 Å². The first kappa shape index (κ1) is 16.1. The summed E-state index contributed by atoms with van der Waals surface area (Å²) in [6.07, 6.45) is -4.71. The van der Waals surface area contributed by atoms with Crippen molar-refractivity contribution in [1.29, 1.82) is 0 Å². The maximum absolute atomic E-state index is 12.9. The van der Waals surface area contributed by atoms with E-state index in [0.29, 0.717) is 11.0 Å². The molecule has 1 aliphatic heterocycles. The number of imide groups is 1. The lowest BCUT2D eigenvalue weighted by Crippen LogP contribution is -2.38. The molecule has 2 rings (SSSR count). The highest BCUT2D eigenvalue weighted by Crippen LogP contribution is 2.36. The van der Waals surface area contributed by atoms with Gasteiger partial charge in [-0.05, 0) is 18.2 Å². The lowest BCUT2D eigenvalue weighted by Gasteiger charge is -2.16. The fraction of sp³-hybridized carbons (Fsp3) is 0.250. The molecule has 1 saturated heterocycles. The molecule has 1 aliphatic rings. The van der Waals surface area contributed by atoms with Gasteiger partial charge in [-0.25, -0.2) is 4.79 Å². The topological polar surface area (TPSA) is 78.5 Å². The zero-order valence-electron chi connectivity index (χ0n) is 10.8. The van der Waals surface area contributed by atoms with Crippen molar-refractivity contribution in [1.82, 2.24) is 10.2 Å². The fourth-order valence-electron chi connectivity index (χ4n) is 1.81. The minimum atomic E-state index is -4.71. The van der Waals surface area contributed by atoms with Crippen LogP contribution in [0.2, 0.25) is 5.02 Å². The van der Waals surface area contributed by atoms with Gasteiger partial charge < -0.3 is 10.6 Å². The van der Waals surface area contributed by atoms with Crippen molar-refractivity contribution in [3.05, 3.63) is 28.8 Å². The zero-order valence-corrected chi connectivity index (χ0v) is 11.6. The van der Waals surface area contributed by atoms with Crippen LogP contribution in [0, 0.1) is 0 Å². The maximum atomic E-state index is 12.9. The standard InChI is InChI=1S/C12H9ClF3N3O3/c13-6-1-2-8(7(3-6)12(14,15)16)18-9(20)5-19-10(21)4-17-11(19)22/h1-3H,4-5H2,(H,17,22)(H,18,20). The molecule has 0 atom stereocenters. The average molecular weight is 336 g/mol. The molecule has 10 heteroatoms. The van der Waals surface area contributed by atoms with E-state index in [2.05, 4.69) is 5.32 Å². The number of nitrogens with one attached hydrogen (secondary N) is 2. The van der Waals surface area contributed by atoms with Gasteiger partial charge in [0, 0.05) is 5.02 Å². The van der Waals surface area contributed by atoms with Crippen LogP contribution in [0.5, 0.6) is 0 Å². The van der Waals surface area contributed by atoms with E-state index in [0.717, 1.165) is 6.07 Å². The van der Waals surface area contributed by atoms with E-state index in [4.69, 9.17) is 11.6 Å². The summed E-state index contributed by atoms with van der Waals surface area (Å²) in [5, 5.41) is 4.07. The van der Waals surface area contributed by atoms with E-state index in [1.165, 1.54) is 6.07 Å².